The Morgan fingerprint density at radius 2 is 1.62 bits per heavy atom. The summed E-state index contributed by atoms with van der Waals surface area (Å²) in [5, 5.41) is 16.4. The Balaban J connectivity index is 1.44. The van der Waals surface area contributed by atoms with Crippen molar-refractivity contribution in [3.63, 3.8) is 0 Å². The number of nitrogens with zero attached hydrogens (tertiary/aromatic N) is 4. The molecule has 0 aliphatic rings. The number of methoxy groups -OCH3 is 1. The number of para-hydroxylation sites is 1. The summed E-state index contributed by atoms with van der Waals surface area (Å²) >= 11 is 0. The molecule has 13 nitrogen and oxygen atoms in total. The fourth-order valence-electron chi connectivity index (χ4n) is 4.35. The first kappa shape index (κ1) is 27.8. The smallest absolute Gasteiger partial charge is 0.435 e. The molecule has 0 radical (unpaired) electrons. The molecule has 3 aromatic heterocycles. The van der Waals surface area contributed by atoms with Gasteiger partial charge in [0.05, 0.1) is 23.9 Å². The van der Waals surface area contributed by atoms with E-state index in [9.17, 15) is 19.2 Å². The van der Waals surface area contributed by atoms with E-state index >= 15 is 0 Å². The molecule has 3 amide bonds. The van der Waals surface area contributed by atoms with Crippen molar-refractivity contribution in [3.8, 4) is 0 Å². The van der Waals surface area contributed by atoms with Crippen LogP contribution in [0.1, 0.15) is 50.8 Å². The van der Waals surface area contributed by atoms with Gasteiger partial charge in [-0.1, -0.05) is 42.5 Å². The topological polar surface area (TPSA) is 162 Å². The van der Waals surface area contributed by atoms with Crippen molar-refractivity contribution in [3.05, 3.63) is 95.5 Å². The van der Waals surface area contributed by atoms with Crippen molar-refractivity contribution in [2.24, 2.45) is 7.05 Å². The van der Waals surface area contributed by atoms with Crippen molar-refractivity contribution in [1.82, 2.24) is 24.9 Å². The molecular weight excluding hydrogens is 542 g/mol. The molecule has 5 rings (SSSR count). The van der Waals surface area contributed by atoms with Gasteiger partial charge in [0.1, 0.15) is 11.2 Å². The van der Waals surface area contributed by atoms with Crippen LogP contribution >= 0.6 is 0 Å². The molecule has 0 fully saturated rings. The van der Waals surface area contributed by atoms with Gasteiger partial charge in [0, 0.05) is 19.3 Å². The minimum atomic E-state index is -0.860. The van der Waals surface area contributed by atoms with Crippen LogP contribution in [0.5, 0.6) is 0 Å². The average molecular weight is 570 g/mol. The Morgan fingerprint density at radius 3 is 2.31 bits per heavy atom. The van der Waals surface area contributed by atoms with Crippen LogP contribution in [0, 0.1) is 0 Å². The minimum Gasteiger partial charge on any atom is -0.451 e. The van der Waals surface area contributed by atoms with E-state index < -0.39 is 29.4 Å². The summed E-state index contributed by atoms with van der Waals surface area (Å²) in [6.07, 6.45) is 0.624. The number of hydrogen-bond donors (Lipinski definition) is 3. The number of furan rings is 1. The first-order valence-corrected chi connectivity index (χ1v) is 12.8. The molecule has 0 saturated carbocycles. The van der Waals surface area contributed by atoms with E-state index in [1.165, 1.54) is 30.1 Å². The molecule has 13 heteroatoms. The first-order valence-electron chi connectivity index (χ1n) is 12.8. The molecule has 0 aliphatic carbocycles. The van der Waals surface area contributed by atoms with Gasteiger partial charge in [-0.3, -0.25) is 19.1 Å². The number of rotatable bonds is 7. The van der Waals surface area contributed by atoms with Crippen LogP contribution < -0.4 is 16.0 Å². The highest BCUT2D eigenvalue weighted by Crippen LogP contribution is 2.29. The lowest BCUT2D eigenvalue weighted by Crippen LogP contribution is -2.40. The number of anilines is 2. The van der Waals surface area contributed by atoms with Crippen LogP contribution in [0.15, 0.2) is 77.3 Å². The van der Waals surface area contributed by atoms with Gasteiger partial charge in [-0.2, -0.15) is 9.78 Å². The third-order valence-corrected chi connectivity index (χ3v) is 6.55. The maximum absolute atomic E-state index is 13.4. The standard InChI is InChI=1S/C29H27N7O6/c1-29(2,17-10-6-5-7-11-17)33-27(39)22-16-21-23(42-22)24(34-36(21)28(40)41-4)32-25(37)18-12-8-9-13-19(18)31-26(38)20-14-15-30-35(20)3/h5-16H,1-4H3,(H,31,38)(H,33,39)(H,32,34,37). The quantitative estimate of drug-likeness (QED) is 0.263. The van der Waals surface area contributed by atoms with E-state index in [1.54, 1.807) is 31.3 Å². The molecule has 0 bridgehead atoms. The lowest BCUT2D eigenvalue weighted by molar-refractivity contribution is 0.0885. The molecule has 3 N–H and O–H groups in total. The Kier molecular flexibility index (Phi) is 7.32. The Hall–Kier alpha value is -5.72. The number of aryl methyl sites for hydroxylation is 1. The lowest BCUT2D eigenvalue weighted by Gasteiger charge is -2.26. The number of hydrogen-bond acceptors (Lipinski definition) is 8. The molecule has 0 spiro atoms. The number of benzene rings is 2. The predicted octanol–water partition coefficient (Wildman–Crippen LogP) is 4.15. The SMILES string of the molecule is COC(=O)n1nc(NC(=O)c2ccccc2NC(=O)c2ccnn2C)c2oc(C(=O)NC(C)(C)c3ccccc3)cc21. The summed E-state index contributed by atoms with van der Waals surface area (Å²) in [5.41, 5.74) is 0.852. The Bertz CT molecular complexity index is 1820. The monoisotopic (exact) mass is 569 g/mol. The summed E-state index contributed by atoms with van der Waals surface area (Å²) < 4.78 is 12.9. The highest BCUT2D eigenvalue weighted by molar-refractivity contribution is 6.14. The summed E-state index contributed by atoms with van der Waals surface area (Å²) in [4.78, 5) is 51.8. The van der Waals surface area contributed by atoms with Crippen molar-refractivity contribution < 1.29 is 28.3 Å². The van der Waals surface area contributed by atoms with Crippen LogP contribution in [-0.4, -0.2) is 50.5 Å². The molecule has 2 aromatic carbocycles. The van der Waals surface area contributed by atoms with Gasteiger partial charge in [-0.15, -0.1) is 5.10 Å². The molecule has 0 unspecified atom stereocenters. The van der Waals surface area contributed by atoms with Crippen LogP contribution in [0.2, 0.25) is 0 Å². The third-order valence-electron chi connectivity index (χ3n) is 6.55. The first-order chi connectivity index (χ1) is 20.1. The van der Waals surface area contributed by atoms with Gasteiger partial charge in [0.15, 0.2) is 17.2 Å². The molecule has 0 aliphatic heterocycles. The van der Waals surface area contributed by atoms with Gasteiger partial charge < -0.3 is 25.1 Å². The number of ether oxygens (including phenoxy) is 1. The summed E-state index contributed by atoms with van der Waals surface area (Å²) in [7, 11) is 2.79. The van der Waals surface area contributed by atoms with E-state index in [4.69, 9.17) is 9.15 Å². The average Bonchev–Trinajstić information content (AvgIpc) is 3.69. The molecule has 214 valence electrons. The Morgan fingerprint density at radius 1 is 0.905 bits per heavy atom. The number of carbonyl (C=O) groups is 4. The zero-order chi connectivity index (χ0) is 30.0. The van der Waals surface area contributed by atoms with Crippen LogP contribution in [0.25, 0.3) is 11.1 Å². The van der Waals surface area contributed by atoms with Crippen LogP contribution in [0.3, 0.4) is 0 Å². The zero-order valence-electron chi connectivity index (χ0n) is 23.2. The van der Waals surface area contributed by atoms with Crippen molar-refractivity contribution in [2.75, 3.05) is 17.7 Å². The third kappa shape index (κ3) is 5.35. The maximum atomic E-state index is 13.4. The van der Waals surface area contributed by atoms with Gasteiger partial charge in [0.2, 0.25) is 0 Å². The second-order valence-corrected chi connectivity index (χ2v) is 9.79. The fourth-order valence-corrected chi connectivity index (χ4v) is 4.35. The van der Waals surface area contributed by atoms with Gasteiger partial charge in [0.25, 0.3) is 17.7 Å². The zero-order valence-corrected chi connectivity index (χ0v) is 23.2. The van der Waals surface area contributed by atoms with E-state index in [1.807, 2.05) is 44.2 Å². The van der Waals surface area contributed by atoms with E-state index in [0.29, 0.717) is 5.69 Å². The number of aromatic nitrogens is 4. The number of nitrogens with one attached hydrogen (secondary N) is 3. The van der Waals surface area contributed by atoms with E-state index in [-0.39, 0.29) is 33.9 Å². The largest absolute Gasteiger partial charge is 0.451 e. The maximum Gasteiger partial charge on any atom is 0.435 e. The normalized spacial score (nSPS) is 11.2. The number of fused-ring (bicyclic) bond motifs is 1. The van der Waals surface area contributed by atoms with Gasteiger partial charge >= 0.3 is 6.09 Å². The Labute approximate surface area is 239 Å². The molecule has 3 heterocycles. The summed E-state index contributed by atoms with van der Waals surface area (Å²) in [5.74, 6) is -1.90. The van der Waals surface area contributed by atoms with E-state index in [0.717, 1.165) is 10.2 Å². The molecule has 5 aromatic rings. The highest BCUT2D eigenvalue weighted by Gasteiger charge is 2.29. The fraction of sp³-hybridized carbons (Fsp3) is 0.172. The second kappa shape index (κ2) is 11.0. The van der Waals surface area contributed by atoms with Crippen LogP contribution in [-0.2, 0) is 17.3 Å². The second-order valence-electron chi connectivity index (χ2n) is 9.79. The minimum absolute atomic E-state index is 0.0205. The summed E-state index contributed by atoms with van der Waals surface area (Å²) in [6, 6.07) is 18.6. The van der Waals surface area contributed by atoms with Crippen LogP contribution in [0.4, 0.5) is 16.3 Å². The van der Waals surface area contributed by atoms with Crippen molar-refractivity contribution in [1.29, 1.82) is 0 Å². The predicted molar refractivity (Wildman–Crippen MR) is 152 cm³/mol. The molecular formula is C29H27N7O6. The van der Waals surface area contributed by atoms with E-state index in [2.05, 4.69) is 26.1 Å². The van der Waals surface area contributed by atoms with Crippen molar-refractivity contribution in [2.45, 2.75) is 19.4 Å². The van der Waals surface area contributed by atoms with Gasteiger partial charge in [-0.25, -0.2) is 4.79 Å². The molecule has 42 heavy (non-hydrogen) atoms. The highest BCUT2D eigenvalue weighted by atomic mass is 16.5. The lowest BCUT2D eigenvalue weighted by atomic mass is 9.94. The van der Waals surface area contributed by atoms with Crippen molar-refractivity contribution >= 4 is 46.4 Å². The van der Waals surface area contributed by atoms with Gasteiger partial charge in [-0.05, 0) is 37.6 Å². The number of amides is 3. The summed E-state index contributed by atoms with van der Waals surface area (Å²) in [6.45, 7) is 3.69. The molecule has 0 atom stereocenters. The molecule has 0 saturated heterocycles. The number of carbonyl (C=O) groups excluding carboxylic acids is 4.